The van der Waals surface area contributed by atoms with Gasteiger partial charge in [-0.1, -0.05) is 23.2 Å². The number of fused-ring (bicyclic) bond motifs is 1. The quantitative estimate of drug-likeness (QED) is 0.888. The fraction of sp³-hybridized carbons (Fsp3) is 0.200. The first-order chi connectivity index (χ1) is 10.8. The minimum absolute atomic E-state index is 0.388. The van der Waals surface area contributed by atoms with Crippen molar-refractivity contribution in [3.8, 4) is 0 Å². The summed E-state index contributed by atoms with van der Waals surface area (Å²) in [6.45, 7) is 0.113. The van der Waals surface area contributed by atoms with E-state index in [2.05, 4.69) is 4.98 Å². The number of carbonyl (C=O) groups is 1. The summed E-state index contributed by atoms with van der Waals surface area (Å²) in [6, 6.07) is 5.24. The molecule has 0 amide bonds. The topological polar surface area (TPSA) is 78.3 Å². The van der Waals surface area contributed by atoms with Crippen LogP contribution < -0.4 is 10.6 Å². The normalized spacial score (nSPS) is 13.7. The summed E-state index contributed by atoms with van der Waals surface area (Å²) in [4.78, 5) is 27.4. The first kappa shape index (κ1) is 15.7. The number of halogens is 2. The summed E-state index contributed by atoms with van der Waals surface area (Å²) < 4.78 is 1.20. The molecule has 0 bridgehead atoms. The lowest BCUT2D eigenvalue weighted by Crippen LogP contribution is -2.29. The first-order valence-electron chi connectivity index (χ1n) is 6.78. The number of aromatic nitrogens is 2. The summed E-state index contributed by atoms with van der Waals surface area (Å²) in [5, 5.41) is 10.0. The number of aliphatic carboxylic acids is 1. The number of rotatable bonds is 3. The summed E-state index contributed by atoms with van der Waals surface area (Å²) in [6.07, 6.45) is 1.82. The smallest absolute Gasteiger partial charge is 0.328 e. The molecule has 6 nitrogen and oxygen atoms in total. The number of H-pyrrole nitrogens is 1. The van der Waals surface area contributed by atoms with E-state index in [1.807, 2.05) is 11.0 Å². The van der Waals surface area contributed by atoms with Crippen LogP contribution in [-0.2, 0) is 11.3 Å². The Morgan fingerprint density at radius 3 is 2.57 bits per heavy atom. The number of anilines is 1. The first-order valence-corrected chi connectivity index (χ1v) is 7.53. The molecule has 1 aliphatic heterocycles. The summed E-state index contributed by atoms with van der Waals surface area (Å²) in [5.41, 5.74) is 1.89. The zero-order valence-electron chi connectivity index (χ0n) is 12.1. The fourth-order valence-electron chi connectivity index (χ4n) is 2.74. The lowest BCUT2D eigenvalue weighted by molar-refractivity contribution is -0.137. The number of aromatic amines is 1. The number of nitrogens with one attached hydrogen (secondary N) is 1. The van der Waals surface area contributed by atoms with Crippen LogP contribution in [0.25, 0.3) is 11.6 Å². The van der Waals surface area contributed by atoms with Gasteiger partial charge in [-0.3, -0.25) is 9.36 Å². The van der Waals surface area contributed by atoms with Crippen LogP contribution >= 0.6 is 23.2 Å². The molecule has 1 aliphatic rings. The minimum Gasteiger partial charge on any atom is -0.480 e. The van der Waals surface area contributed by atoms with Gasteiger partial charge in [0.15, 0.2) is 0 Å². The number of hydrogen-bond donors (Lipinski definition) is 2. The number of carboxylic acids is 1. The van der Waals surface area contributed by atoms with Gasteiger partial charge < -0.3 is 15.0 Å². The fourth-order valence-corrected chi connectivity index (χ4v) is 3.26. The molecule has 0 saturated carbocycles. The largest absolute Gasteiger partial charge is 0.480 e. The molecule has 1 aromatic heterocycles. The SMILES string of the molecule is CN1CC(c2cc(Cl)cc(Cl)c2)=Cc2[nH]c(=O)n(CC(=O)O)c21. The number of imidazole rings is 1. The van der Waals surface area contributed by atoms with E-state index in [1.54, 1.807) is 25.2 Å². The third-order valence-corrected chi connectivity index (χ3v) is 4.03. The van der Waals surface area contributed by atoms with Gasteiger partial charge in [-0.15, -0.1) is 0 Å². The Bertz CT molecular complexity index is 862. The Kier molecular flexibility index (Phi) is 3.95. The zero-order valence-corrected chi connectivity index (χ0v) is 13.6. The molecule has 0 aliphatic carbocycles. The van der Waals surface area contributed by atoms with Crippen LogP contribution in [0.2, 0.25) is 10.0 Å². The zero-order chi connectivity index (χ0) is 16.7. The molecule has 0 atom stereocenters. The van der Waals surface area contributed by atoms with Crippen LogP contribution in [0.15, 0.2) is 23.0 Å². The maximum absolute atomic E-state index is 12.0. The maximum atomic E-state index is 12.0. The molecule has 2 N–H and O–H groups in total. The number of nitrogens with zero attached hydrogens (tertiary/aromatic N) is 2. The van der Waals surface area contributed by atoms with Crippen molar-refractivity contribution in [1.82, 2.24) is 9.55 Å². The molecule has 0 spiro atoms. The maximum Gasteiger partial charge on any atom is 0.328 e. The van der Waals surface area contributed by atoms with Gasteiger partial charge in [0.1, 0.15) is 12.4 Å². The van der Waals surface area contributed by atoms with E-state index < -0.39 is 11.7 Å². The van der Waals surface area contributed by atoms with Gasteiger partial charge in [-0.2, -0.15) is 0 Å². The van der Waals surface area contributed by atoms with Crippen molar-refractivity contribution in [2.45, 2.75) is 6.54 Å². The van der Waals surface area contributed by atoms with Crippen molar-refractivity contribution < 1.29 is 9.90 Å². The van der Waals surface area contributed by atoms with Crippen molar-refractivity contribution in [3.05, 3.63) is 50.0 Å². The van der Waals surface area contributed by atoms with Crippen LogP contribution in [0.5, 0.6) is 0 Å². The molecule has 0 saturated heterocycles. The highest BCUT2D eigenvalue weighted by Gasteiger charge is 2.24. The van der Waals surface area contributed by atoms with Crippen molar-refractivity contribution in [2.75, 3.05) is 18.5 Å². The minimum atomic E-state index is -1.07. The number of hydrogen-bond acceptors (Lipinski definition) is 3. The lowest BCUT2D eigenvalue weighted by atomic mass is 10.0. The monoisotopic (exact) mass is 353 g/mol. The molecule has 0 unspecified atom stereocenters. The van der Waals surface area contributed by atoms with Gasteiger partial charge in [0.2, 0.25) is 0 Å². The molecule has 120 valence electrons. The van der Waals surface area contributed by atoms with Crippen molar-refractivity contribution in [2.24, 2.45) is 0 Å². The Balaban J connectivity index is 2.10. The lowest BCUT2D eigenvalue weighted by Gasteiger charge is -2.26. The van der Waals surface area contributed by atoms with E-state index in [9.17, 15) is 9.59 Å². The van der Waals surface area contributed by atoms with Crippen molar-refractivity contribution >= 4 is 46.6 Å². The Hall–Kier alpha value is -2.18. The molecular weight excluding hydrogens is 341 g/mol. The molecule has 2 aromatic rings. The third-order valence-electron chi connectivity index (χ3n) is 3.60. The van der Waals surface area contributed by atoms with E-state index >= 15 is 0 Å². The average Bonchev–Trinajstić information content (AvgIpc) is 2.73. The number of likely N-dealkylation sites (N-methyl/N-ethyl adjacent to an activating group) is 1. The second-order valence-electron chi connectivity index (χ2n) is 5.33. The molecule has 8 heteroatoms. The highest BCUT2D eigenvalue weighted by molar-refractivity contribution is 6.34. The van der Waals surface area contributed by atoms with Crippen molar-refractivity contribution in [1.29, 1.82) is 0 Å². The predicted octanol–water partition coefficient (Wildman–Crippen LogP) is 2.56. The van der Waals surface area contributed by atoms with Gasteiger partial charge in [0, 0.05) is 23.6 Å². The van der Waals surface area contributed by atoms with E-state index in [-0.39, 0.29) is 6.54 Å². The van der Waals surface area contributed by atoms with E-state index in [0.717, 1.165) is 11.1 Å². The van der Waals surface area contributed by atoms with E-state index in [0.29, 0.717) is 28.1 Å². The second-order valence-corrected chi connectivity index (χ2v) is 6.20. The standard InChI is InChI=1S/C15H13Cl2N3O3/c1-19-6-9(8-2-10(16)5-11(17)3-8)4-12-14(19)20(7-13(21)22)15(23)18-12/h2-5H,6-7H2,1H3,(H,18,23)(H,21,22). The highest BCUT2D eigenvalue weighted by Crippen LogP contribution is 2.32. The molecule has 3 rings (SSSR count). The number of benzene rings is 1. The molecule has 2 heterocycles. The second kappa shape index (κ2) is 5.79. The highest BCUT2D eigenvalue weighted by atomic mass is 35.5. The van der Waals surface area contributed by atoms with Gasteiger partial charge in [-0.05, 0) is 35.4 Å². The van der Waals surface area contributed by atoms with Gasteiger partial charge in [0.05, 0.1) is 5.69 Å². The van der Waals surface area contributed by atoms with Crippen LogP contribution in [0, 0.1) is 0 Å². The van der Waals surface area contributed by atoms with Crippen LogP contribution in [0.4, 0.5) is 5.82 Å². The van der Waals surface area contributed by atoms with Gasteiger partial charge in [-0.25, -0.2) is 4.79 Å². The Morgan fingerprint density at radius 1 is 1.30 bits per heavy atom. The predicted molar refractivity (Wildman–Crippen MR) is 90.3 cm³/mol. The molecule has 0 fully saturated rings. The average molecular weight is 354 g/mol. The third kappa shape index (κ3) is 3.00. The van der Waals surface area contributed by atoms with Gasteiger partial charge in [0.25, 0.3) is 0 Å². The van der Waals surface area contributed by atoms with Crippen LogP contribution in [0.1, 0.15) is 11.3 Å². The van der Waals surface area contributed by atoms with E-state index in [1.165, 1.54) is 4.57 Å². The molecule has 23 heavy (non-hydrogen) atoms. The molecule has 1 aromatic carbocycles. The molecular formula is C15H13Cl2N3O3. The Labute approximate surface area is 141 Å². The summed E-state index contributed by atoms with van der Waals surface area (Å²) in [7, 11) is 1.80. The van der Waals surface area contributed by atoms with Crippen molar-refractivity contribution in [3.63, 3.8) is 0 Å². The van der Waals surface area contributed by atoms with E-state index in [4.69, 9.17) is 28.3 Å². The Morgan fingerprint density at radius 2 is 1.96 bits per heavy atom. The van der Waals surface area contributed by atoms with Crippen LogP contribution in [-0.4, -0.2) is 34.2 Å². The van der Waals surface area contributed by atoms with Crippen LogP contribution in [0.3, 0.4) is 0 Å². The number of carboxylic acid groups (broad SMARTS) is 1. The summed E-state index contributed by atoms with van der Waals surface area (Å²) >= 11 is 12.1. The molecule has 0 radical (unpaired) electrons. The summed E-state index contributed by atoms with van der Waals surface area (Å²) in [5.74, 6) is -0.520. The van der Waals surface area contributed by atoms with Gasteiger partial charge >= 0.3 is 11.7 Å².